The average molecular weight is 239 g/mol. The number of nitrogens with zero attached hydrogens (tertiary/aromatic N) is 1. The molecule has 0 bridgehead atoms. The Morgan fingerprint density at radius 2 is 1.81 bits per heavy atom. The van der Waals surface area contributed by atoms with Gasteiger partial charge in [-0.15, -0.1) is 11.3 Å². The first kappa shape index (κ1) is 13.2. The highest BCUT2D eigenvalue weighted by Gasteiger charge is 2.12. The van der Waals surface area contributed by atoms with Crippen LogP contribution in [0.5, 0.6) is 0 Å². The summed E-state index contributed by atoms with van der Waals surface area (Å²) >= 11 is 1.52. The van der Waals surface area contributed by atoms with Gasteiger partial charge in [0.05, 0.1) is 4.88 Å². The third kappa shape index (κ3) is 3.97. The van der Waals surface area contributed by atoms with Gasteiger partial charge in [0.1, 0.15) is 0 Å². The second-order valence-electron chi connectivity index (χ2n) is 5.02. The number of carbonyl (C=O) groups excluding carboxylic acids is 1. The standard InChI is InChI=1S/C13H21NOS/c1-10(2)6-14(7-11(3)4)12-5-13(8-15)16-9-12/h5,8-11H,6-7H2,1-4H3. The first-order valence-corrected chi connectivity index (χ1v) is 6.69. The molecule has 0 aliphatic rings. The van der Waals surface area contributed by atoms with Crippen LogP contribution in [-0.2, 0) is 0 Å². The summed E-state index contributed by atoms with van der Waals surface area (Å²) < 4.78 is 0. The number of anilines is 1. The summed E-state index contributed by atoms with van der Waals surface area (Å²) in [6, 6.07) is 1.99. The van der Waals surface area contributed by atoms with E-state index in [4.69, 9.17) is 0 Å². The van der Waals surface area contributed by atoms with Gasteiger partial charge in [0.15, 0.2) is 6.29 Å². The largest absolute Gasteiger partial charge is 0.370 e. The van der Waals surface area contributed by atoms with Crippen molar-refractivity contribution in [2.45, 2.75) is 27.7 Å². The molecule has 0 saturated carbocycles. The van der Waals surface area contributed by atoms with Crippen LogP contribution in [0.4, 0.5) is 5.69 Å². The lowest BCUT2D eigenvalue weighted by Gasteiger charge is -2.27. The molecule has 0 fully saturated rings. The van der Waals surface area contributed by atoms with Crippen molar-refractivity contribution in [1.29, 1.82) is 0 Å². The minimum atomic E-state index is 0.637. The maximum atomic E-state index is 10.7. The molecule has 90 valence electrons. The van der Waals surface area contributed by atoms with E-state index in [1.165, 1.54) is 17.0 Å². The summed E-state index contributed by atoms with van der Waals surface area (Å²) in [5, 5.41) is 2.08. The smallest absolute Gasteiger partial charge is 0.160 e. The van der Waals surface area contributed by atoms with Gasteiger partial charge in [-0.05, 0) is 17.9 Å². The Labute approximate surface area is 102 Å². The zero-order valence-electron chi connectivity index (χ0n) is 10.6. The molecule has 0 aliphatic heterocycles. The first-order chi connectivity index (χ1) is 7.52. The van der Waals surface area contributed by atoms with Gasteiger partial charge in [-0.1, -0.05) is 27.7 Å². The molecule has 1 rings (SSSR count). The lowest BCUT2D eigenvalue weighted by molar-refractivity contribution is 0.112. The Morgan fingerprint density at radius 1 is 1.25 bits per heavy atom. The van der Waals surface area contributed by atoms with E-state index < -0.39 is 0 Å². The molecule has 0 radical (unpaired) electrons. The van der Waals surface area contributed by atoms with E-state index in [0.29, 0.717) is 11.8 Å². The molecule has 1 aromatic rings. The molecule has 2 nitrogen and oxygen atoms in total. The fraction of sp³-hybridized carbons (Fsp3) is 0.615. The molecular formula is C13H21NOS. The Hall–Kier alpha value is -0.830. The van der Waals surface area contributed by atoms with E-state index in [1.807, 2.05) is 6.07 Å². The minimum absolute atomic E-state index is 0.637. The molecule has 0 unspecified atom stereocenters. The van der Waals surface area contributed by atoms with Crippen molar-refractivity contribution in [2.75, 3.05) is 18.0 Å². The van der Waals surface area contributed by atoms with Gasteiger partial charge in [0, 0.05) is 24.2 Å². The van der Waals surface area contributed by atoms with Gasteiger partial charge in [0.25, 0.3) is 0 Å². The Kier molecular flexibility index (Phi) is 5.00. The zero-order chi connectivity index (χ0) is 12.1. The van der Waals surface area contributed by atoms with Gasteiger partial charge in [-0.2, -0.15) is 0 Å². The van der Waals surface area contributed by atoms with Crippen molar-refractivity contribution in [2.24, 2.45) is 11.8 Å². The molecule has 0 aliphatic carbocycles. The minimum Gasteiger partial charge on any atom is -0.370 e. The lowest BCUT2D eigenvalue weighted by Crippen LogP contribution is -2.30. The summed E-state index contributed by atoms with van der Waals surface area (Å²) in [6.07, 6.45) is 0.928. The summed E-state index contributed by atoms with van der Waals surface area (Å²) in [5.74, 6) is 1.27. The number of hydrogen-bond acceptors (Lipinski definition) is 3. The molecule has 16 heavy (non-hydrogen) atoms. The molecule has 0 atom stereocenters. The van der Waals surface area contributed by atoms with Crippen LogP contribution in [-0.4, -0.2) is 19.4 Å². The highest BCUT2D eigenvalue weighted by molar-refractivity contribution is 7.12. The molecule has 0 N–H and O–H groups in total. The maximum Gasteiger partial charge on any atom is 0.160 e. The quantitative estimate of drug-likeness (QED) is 0.706. The fourth-order valence-corrected chi connectivity index (χ4v) is 2.46. The number of hydrogen-bond donors (Lipinski definition) is 0. The van der Waals surface area contributed by atoms with E-state index in [0.717, 1.165) is 24.3 Å². The molecule has 1 heterocycles. The second kappa shape index (κ2) is 6.04. The van der Waals surface area contributed by atoms with Gasteiger partial charge >= 0.3 is 0 Å². The van der Waals surface area contributed by atoms with E-state index >= 15 is 0 Å². The van der Waals surface area contributed by atoms with E-state index in [9.17, 15) is 4.79 Å². The fourth-order valence-electron chi connectivity index (χ4n) is 1.74. The topological polar surface area (TPSA) is 20.3 Å². The predicted octanol–water partition coefficient (Wildman–Crippen LogP) is 3.68. The number of thiophene rings is 1. The van der Waals surface area contributed by atoms with Gasteiger partial charge in [-0.25, -0.2) is 0 Å². The average Bonchev–Trinajstić information content (AvgIpc) is 2.63. The van der Waals surface area contributed by atoms with Crippen LogP contribution in [0.25, 0.3) is 0 Å². The highest BCUT2D eigenvalue weighted by Crippen LogP contribution is 2.23. The van der Waals surface area contributed by atoms with Crippen molar-refractivity contribution in [1.82, 2.24) is 0 Å². The molecule has 0 spiro atoms. The molecule has 1 aromatic heterocycles. The molecular weight excluding hydrogens is 218 g/mol. The second-order valence-corrected chi connectivity index (χ2v) is 5.96. The summed E-state index contributed by atoms with van der Waals surface area (Å²) in [5.41, 5.74) is 1.19. The van der Waals surface area contributed by atoms with Crippen molar-refractivity contribution < 1.29 is 4.79 Å². The number of aldehydes is 1. The van der Waals surface area contributed by atoms with Crippen molar-refractivity contribution in [3.63, 3.8) is 0 Å². The third-order valence-corrected chi connectivity index (χ3v) is 3.10. The first-order valence-electron chi connectivity index (χ1n) is 5.81. The van der Waals surface area contributed by atoms with Crippen LogP contribution >= 0.6 is 11.3 Å². The van der Waals surface area contributed by atoms with Crippen LogP contribution in [0.2, 0.25) is 0 Å². The SMILES string of the molecule is CC(C)CN(CC(C)C)c1csc(C=O)c1. The Morgan fingerprint density at radius 3 is 2.19 bits per heavy atom. The van der Waals surface area contributed by atoms with Crippen molar-refractivity contribution in [3.8, 4) is 0 Å². The molecule has 0 aromatic carbocycles. The normalized spacial score (nSPS) is 11.1. The van der Waals surface area contributed by atoms with E-state index in [-0.39, 0.29) is 0 Å². The number of carbonyl (C=O) groups is 1. The van der Waals surface area contributed by atoms with Crippen LogP contribution in [0.3, 0.4) is 0 Å². The van der Waals surface area contributed by atoms with Gasteiger partial charge in [-0.3, -0.25) is 4.79 Å². The third-order valence-electron chi connectivity index (χ3n) is 2.26. The Bertz CT molecular complexity index is 320. The molecule has 0 amide bonds. The summed E-state index contributed by atoms with van der Waals surface area (Å²) in [4.78, 5) is 13.9. The van der Waals surface area contributed by atoms with Crippen LogP contribution in [0.1, 0.15) is 37.4 Å². The summed E-state index contributed by atoms with van der Waals surface area (Å²) in [6.45, 7) is 11.0. The maximum absolute atomic E-state index is 10.7. The van der Waals surface area contributed by atoms with Gasteiger partial charge < -0.3 is 4.90 Å². The zero-order valence-corrected chi connectivity index (χ0v) is 11.4. The Balaban J connectivity index is 2.77. The number of rotatable bonds is 6. The predicted molar refractivity (Wildman–Crippen MR) is 71.6 cm³/mol. The van der Waals surface area contributed by atoms with Crippen molar-refractivity contribution in [3.05, 3.63) is 16.3 Å². The van der Waals surface area contributed by atoms with Gasteiger partial charge in [0.2, 0.25) is 0 Å². The van der Waals surface area contributed by atoms with E-state index in [2.05, 4.69) is 38.0 Å². The molecule has 0 saturated heterocycles. The highest BCUT2D eigenvalue weighted by atomic mass is 32.1. The lowest BCUT2D eigenvalue weighted by atomic mass is 10.1. The van der Waals surface area contributed by atoms with Crippen molar-refractivity contribution >= 4 is 23.3 Å². The van der Waals surface area contributed by atoms with Crippen LogP contribution in [0, 0.1) is 11.8 Å². The van der Waals surface area contributed by atoms with E-state index in [1.54, 1.807) is 0 Å². The monoisotopic (exact) mass is 239 g/mol. The van der Waals surface area contributed by atoms with Crippen LogP contribution < -0.4 is 4.90 Å². The molecule has 3 heteroatoms. The van der Waals surface area contributed by atoms with Crippen LogP contribution in [0.15, 0.2) is 11.4 Å². The summed E-state index contributed by atoms with van der Waals surface area (Å²) in [7, 11) is 0.